The Labute approximate surface area is 241 Å². The summed E-state index contributed by atoms with van der Waals surface area (Å²) in [5.74, 6) is 2.10. The summed E-state index contributed by atoms with van der Waals surface area (Å²) >= 11 is 0. The molecule has 0 amide bonds. The van der Waals surface area contributed by atoms with Gasteiger partial charge in [0, 0.05) is 37.1 Å². The van der Waals surface area contributed by atoms with Crippen LogP contribution in [-0.4, -0.2) is 31.7 Å². The van der Waals surface area contributed by atoms with Crippen molar-refractivity contribution in [1.82, 2.24) is 0 Å². The summed E-state index contributed by atoms with van der Waals surface area (Å²) in [7, 11) is 3.90. The normalized spacial score (nSPS) is 21.2. The molecule has 0 saturated heterocycles. The molecule has 0 spiro atoms. The van der Waals surface area contributed by atoms with Gasteiger partial charge in [-0.3, -0.25) is 15.0 Å². The number of nitrogens with zero attached hydrogens (tertiary/aromatic N) is 3. The lowest BCUT2D eigenvalue weighted by Crippen LogP contribution is -2.29. The van der Waals surface area contributed by atoms with Gasteiger partial charge < -0.3 is 0 Å². The highest BCUT2D eigenvalue weighted by Crippen LogP contribution is 2.40. The number of aliphatic imine (C=N–C) groups is 3. The molecule has 0 aliphatic heterocycles. The van der Waals surface area contributed by atoms with Crippen molar-refractivity contribution in [2.24, 2.45) is 26.8 Å². The van der Waals surface area contributed by atoms with Crippen molar-refractivity contribution >= 4 is 17.6 Å². The first kappa shape index (κ1) is 28.2. The molecule has 3 aromatic carbocycles. The Morgan fingerprint density at radius 3 is 2.17 bits per heavy atom. The van der Waals surface area contributed by atoms with Crippen LogP contribution in [0.15, 0.2) is 87.8 Å². The van der Waals surface area contributed by atoms with Gasteiger partial charge in [-0.25, -0.2) is 0 Å². The first-order valence-electron chi connectivity index (χ1n) is 15.3. The smallest absolute Gasteiger partial charge is 0.0715 e. The molecule has 3 aromatic rings. The van der Waals surface area contributed by atoms with Crippen molar-refractivity contribution in [3.63, 3.8) is 0 Å². The summed E-state index contributed by atoms with van der Waals surface area (Å²) in [6.07, 6.45) is 14.1. The van der Waals surface area contributed by atoms with Crippen molar-refractivity contribution < 1.29 is 0 Å². The van der Waals surface area contributed by atoms with Crippen LogP contribution in [0.5, 0.6) is 0 Å². The van der Waals surface area contributed by atoms with Gasteiger partial charge in [-0.15, -0.1) is 0 Å². The maximum Gasteiger partial charge on any atom is 0.0715 e. The molecule has 3 nitrogen and oxygen atoms in total. The molecule has 0 unspecified atom stereocenters. The minimum Gasteiger partial charge on any atom is -0.297 e. The highest BCUT2D eigenvalue weighted by Gasteiger charge is 2.30. The van der Waals surface area contributed by atoms with Gasteiger partial charge in [0.25, 0.3) is 0 Å². The van der Waals surface area contributed by atoms with Crippen LogP contribution in [0.2, 0.25) is 0 Å². The zero-order valence-electron chi connectivity index (χ0n) is 24.7. The predicted octanol–water partition coefficient (Wildman–Crippen LogP) is 9.01. The fraction of sp³-hybridized carbons (Fsp3) is 0.432. The van der Waals surface area contributed by atoms with Gasteiger partial charge in [-0.2, -0.15) is 0 Å². The van der Waals surface area contributed by atoms with E-state index in [0.717, 1.165) is 22.8 Å². The number of benzene rings is 3. The number of hydrogen-bond donors (Lipinski definition) is 0. The van der Waals surface area contributed by atoms with Crippen LogP contribution < -0.4 is 0 Å². The van der Waals surface area contributed by atoms with E-state index in [1.807, 2.05) is 20.2 Å². The second-order valence-corrected chi connectivity index (χ2v) is 11.8. The molecule has 40 heavy (non-hydrogen) atoms. The second kappa shape index (κ2) is 13.8. The van der Waals surface area contributed by atoms with E-state index in [9.17, 15) is 0 Å². The molecule has 3 heteroatoms. The van der Waals surface area contributed by atoms with E-state index in [2.05, 4.69) is 84.9 Å². The van der Waals surface area contributed by atoms with Gasteiger partial charge in [0.1, 0.15) is 0 Å². The molecule has 208 valence electrons. The van der Waals surface area contributed by atoms with Crippen molar-refractivity contribution in [2.45, 2.75) is 77.2 Å². The van der Waals surface area contributed by atoms with Gasteiger partial charge in [0.05, 0.1) is 12.3 Å². The summed E-state index contributed by atoms with van der Waals surface area (Å²) in [6.45, 7) is 2.93. The highest BCUT2D eigenvalue weighted by molar-refractivity contribution is 6.12. The third kappa shape index (κ3) is 6.86. The van der Waals surface area contributed by atoms with E-state index >= 15 is 0 Å². The van der Waals surface area contributed by atoms with Gasteiger partial charge in [-0.1, -0.05) is 79.9 Å². The van der Waals surface area contributed by atoms with E-state index < -0.39 is 0 Å². The molecule has 5 rings (SSSR count). The second-order valence-electron chi connectivity index (χ2n) is 11.8. The van der Waals surface area contributed by atoms with Gasteiger partial charge in [-0.05, 0) is 97.6 Å². The molecular formula is C37H45N3. The van der Waals surface area contributed by atoms with Crippen molar-refractivity contribution in [3.05, 3.63) is 106 Å². The first-order valence-corrected chi connectivity index (χ1v) is 15.3. The lowest BCUT2D eigenvalue weighted by atomic mass is 9.71. The molecule has 2 aliphatic carbocycles. The molecule has 0 radical (unpaired) electrons. The molecule has 2 saturated carbocycles. The third-order valence-electron chi connectivity index (χ3n) is 9.16. The summed E-state index contributed by atoms with van der Waals surface area (Å²) in [4.78, 5) is 14.3. The van der Waals surface area contributed by atoms with Crippen molar-refractivity contribution in [3.8, 4) is 0 Å². The Hall–Kier alpha value is -3.33. The van der Waals surface area contributed by atoms with Crippen LogP contribution in [0, 0.1) is 18.8 Å². The molecule has 0 heterocycles. The third-order valence-corrected chi connectivity index (χ3v) is 9.16. The Morgan fingerprint density at radius 2 is 1.45 bits per heavy atom. The summed E-state index contributed by atoms with van der Waals surface area (Å²) in [6, 6.07) is 25.9. The van der Waals surface area contributed by atoms with Gasteiger partial charge in [0.15, 0.2) is 0 Å². The first-order chi connectivity index (χ1) is 19.7. The molecule has 0 bridgehead atoms. The minimum absolute atomic E-state index is 0.649. The van der Waals surface area contributed by atoms with E-state index in [-0.39, 0.29) is 0 Å². The lowest BCUT2D eigenvalue weighted by molar-refractivity contribution is 0.362. The topological polar surface area (TPSA) is 37.1 Å². The van der Waals surface area contributed by atoms with Crippen LogP contribution >= 0.6 is 0 Å². The fourth-order valence-electron chi connectivity index (χ4n) is 7.07. The fourth-order valence-corrected chi connectivity index (χ4v) is 7.07. The lowest BCUT2D eigenvalue weighted by Gasteiger charge is -2.34. The molecule has 2 aliphatic rings. The SMILES string of the molecule is CN=C(c1ccccc1)c1cccc(CN=Cc2ccc(C)c(C3CCC(C(=NC)C4CCCCC4)CC3)c2)c1. The van der Waals surface area contributed by atoms with E-state index in [1.54, 1.807) is 5.71 Å². The number of rotatable bonds is 8. The predicted molar refractivity (Wildman–Crippen MR) is 172 cm³/mol. The Bertz CT molecular complexity index is 1340. The van der Waals surface area contributed by atoms with Gasteiger partial charge >= 0.3 is 0 Å². The van der Waals surface area contributed by atoms with E-state index in [1.165, 1.54) is 80.0 Å². The maximum absolute atomic E-state index is 4.85. The highest BCUT2D eigenvalue weighted by atomic mass is 14.7. The van der Waals surface area contributed by atoms with E-state index in [4.69, 9.17) is 9.98 Å². The molecular weight excluding hydrogens is 486 g/mol. The van der Waals surface area contributed by atoms with Gasteiger partial charge in [0.2, 0.25) is 0 Å². The Kier molecular flexibility index (Phi) is 9.76. The van der Waals surface area contributed by atoms with Crippen LogP contribution in [0.3, 0.4) is 0 Å². The molecule has 0 N–H and O–H groups in total. The van der Waals surface area contributed by atoms with Crippen LogP contribution in [0.4, 0.5) is 0 Å². The largest absolute Gasteiger partial charge is 0.297 e. The summed E-state index contributed by atoms with van der Waals surface area (Å²) in [5, 5.41) is 0. The quantitative estimate of drug-likeness (QED) is 0.260. The van der Waals surface area contributed by atoms with Crippen LogP contribution in [-0.2, 0) is 6.54 Å². The zero-order valence-corrected chi connectivity index (χ0v) is 24.7. The zero-order chi connectivity index (χ0) is 27.7. The molecule has 0 aromatic heterocycles. The summed E-state index contributed by atoms with van der Waals surface area (Å²) < 4.78 is 0. The maximum atomic E-state index is 4.85. The average molecular weight is 532 g/mol. The van der Waals surface area contributed by atoms with Crippen LogP contribution in [0.25, 0.3) is 0 Å². The number of hydrogen-bond acceptors (Lipinski definition) is 3. The summed E-state index contributed by atoms with van der Waals surface area (Å²) in [5.41, 5.74) is 10.2. The minimum atomic E-state index is 0.649. The Balaban J connectivity index is 1.22. The van der Waals surface area contributed by atoms with Crippen LogP contribution in [0.1, 0.15) is 97.1 Å². The van der Waals surface area contributed by atoms with E-state index in [0.29, 0.717) is 18.4 Å². The van der Waals surface area contributed by atoms with Crippen molar-refractivity contribution in [1.29, 1.82) is 0 Å². The standard InChI is InChI=1S/C37H45N3/c1-27-17-18-29(24-35(27)30-19-21-33(22-20-30)36(38-2)31-12-6-4-7-13-31)26-40-25-28-11-10-16-34(23-28)37(39-3)32-14-8-5-9-15-32/h5,8-11,14-18,23-24,26,30-31,33H,4,6-7,12-13,19-22,25H2,1-3H3. The molecule has 2 fully saturated rings. The average Bonchev–Trinajstić information content (AvgIpc) is 3.01. The number of aryl methyl sites for hydroxylation is 1. The monoisotopic (exact) mass is 531 g/mol. The van der Waals surface area contributed by atoms with Crippen molar-refractivity contribution in [2.75, 3.05) is 14.1 Å². The molecule has 0 atom stereocenters. The Morgan fingerprint density at radius 1 is 0.725 bits per heavy atom.